The minimum absolute atomic E-state index is 0.759. The van der Waals surface area contributed by atoms with E-state index >= 15 is 0 Å². The first-order valence-electron chi connectivity index (χ1n) is 5.68. The predicted molar refractivity (Wildman–Crippen MR) is 62.4 cm³/mol. The van der Waals surface area contributed by atoms with E-state index in [4.69, 9.17) is 0 Å². The molecule has 0 saturated carbocycles. The van der Waals surface area contributed by atoms with Crippen LogP contribution in [-0.2, 0) is 0 Å². The monoisotopic (exact) mass is 201 g/mol. The molecule has 1 N–H and O–H groups in total. The molecule has 0 aliphatic carbocycles. The Morgan fingerprint density at radius 2 is 1.85 bits per heavy atom. The highest BCUT2D eigenvalue weighted by molar-refractivity contribution is 7.99. The van der Waals surface area contributed by atoms with Crippen LogP contribution in [0.15, 0.2) is 0 Å². The minimum Gasteiger partial charge on any atom is -0.314 e. The molecule has 0 unspecified atom stereocenters. The first-order chi connectivity index (χ1) is 6.36. The van der Waals surface area contributed by atoms with Crippen LogP contribution in [0, 0.1) is 5.92 Å². The largest absolute Gasteiger partial charge is 0.314 e. The number of hydrogen-bond acceptors (Lipinski definition) is 2. The number of nitrogens with one attached hydrogen (secondary N) is 1. The summed E-state index contributed by atoms with van der Waals surface area (Å²) in [6.45, 7) is 5.81. The molecular formula is C11H23NS. The van der Waals surface area contributed by atoms with Gasteiger partial charge in [-0.25, -0.2) is 0 Å². The third-order valence-electron chi connectivity index (χ3n) is 3.02. The summed E-state index contributed by atoms with van der Waals surface area (Å²) in [6, 6.07) is 0.759. The zero-order chi connectivity index (χ0) is 9.52. The van der Waals surface area contributed by atoms with Gasteiger partial charge in [0.2, 0.25) is 0 Å². The summed E-state index contributed by atoms with van der Waals surface area (Å²) in [5.41, 5.74) is 0. The second-order valence-electron chi connectivity index (χ2n) is 3.98. The molecule has 1 rings (SSSR count). The van der Waals surface area contributed by atoms with E-state index in [0.717, 1.165) is 12.0 Å². The van der Waals surface area contributed by atoms with Crippen LogP contribution in [0.5, 0.6) is 0 Å². The van der Waals surface area contributed by atoms with E-state index < -0.39 is 0 Å². The SMILES string of the molecule is CCC(CC)NCC1CCSCC1. The van der Waals surface area contributed by atoms with Crippen LogP contribution in [0.3, 0.4) is 0 Å². The normalized spacial score (nSPS) is 19.6. The fourth-order valence-corrected chi connectivity index (χ4v) is 3.07. The Hall–Kier alpha value is 0.310. The van der Waals surface area contributed by atoms with E-state index in [9.17, 15) is 0 Å². The molecule has 0 amide bonds. The van der Waals surface area contributed by atoms with E-state index in [2.05, 4.69) is 30.9 Å². The highest BCUT2D eigenvalue weighted by atomic mass is 32.2. The third-order valence-corrected chi connectivity index (χ3v) is 4.07. The summed E-state index contributed by atoms with van der Waals surface area (Å²) < 4.78 is 0. The average Bonchev–Trinajstić information content (AvgIpc) is 2.21. The third kappa shape index (κ3) is 4.37. The first kappa shape index (κ1) is 11.4. The van der Waals surface area contributed by atoms with Gasteiger partial charge in [0, 0.05) is 6.04 Å². The van der Waals surface area contributed by atoms with Gasteiger partial charge in [-0.05, 0) is 49.7 Å². The van der Waals surface area contributed by atoms with Gasteiger partial charge in [0.15, 0.2) is 0 Å². The lowest BCUT2D eigenvalue weighted by molar-refractivity contribution is 0.394. The van der Waals surface area contributed by atoms with Crippen molar-refractivity contribution < 1.29 is 0 Å². The fraction of sp³-hybridized carbons (Fsp3) is 1.00. The molecule has 1 nitrogen and oxygen atoms in total. The Kier molecular flexibility index (Phi) is 5.88. The summed E-state index contributed by atoms with van der Waals surface area (Å²) in [6.07, 6.45) is 5.41. The molecule has 1 heterocycles. The Morgan fingerprint density at radius 3 is 2.38 bits per heavy atom. The maximum Gasteiger partial charge on any atom is 0.00619 e. The molecular weight excluding hydrogens is 178 g/mol. The van der Waals surface area contributed by atoms with Crippen molar-refractivity contribution >= 4 is 11.8 Å². The second-order valence-corrected chi connectivity index (χ2v) is 5.20. The fourth-order valence-electron chi connectivity index (χ4n) is 1.86. The lowest BCUT2D eigenvalue weighted by Crippen LogP contribution is -2.33. The van der Waals surface area contributed by atoms with E-state index in [-0.39, 0.29) is 0 Å². The maximum atomic E-state index is 3.68. The van der Waals surface area contributed by atoms with Crippen molar-refractivity contribution in [3.63, 3.8) is 0 Å². The Labute approximate surface area is 87.1 Å². The molecule has 2 heteroatoms. The zero-order valence-electron chi connectivity index (χ0n) is 9.01. The van der Waals surface area contributed by atoms with Crippen molar-refractivity contribution in [3.05, 3.63) is 0 Å². The molecule has 0 radical (unpaired) electrons. The molecule has 0 aromatic carbocycles. The molecule has 1 aliphatic rings. The lowest BCUT2D eigenvalue weighted by atomic mass is 10.0. The molecule has 1 fully saturated rings. The summed E-state index contributed by atoms with van der Waals surface area (Å²) in [5, 5.41) is 3.68. The van der Waals surface area contributed by atoms with Crippen LogP contribution in [0.25, 0.3) is 0 Å². The van der Waals surface area contributed by atoms with Crippen LogP contribution in [0.1, 0.15) is 39.5 Å². The van der Waals surface area contributed by atoms with Gasteiger partial charge < -0.3 is 5.32 Å². The Bertz CT molecular complexity index is 117. The molecule has 1 saturated heterocycles. The van der Waals surface area contributed by atoms with Gasteiger partial charge in [0.25, 0.3) is 0 Å². The second kappa shape index (κ2) is 6.72. The summed E-state index contributed by atoms with van der Waals surface area (Å²) in [7, 11) is 0. The number of thioether (sulfide) groups is 1. The Morgan fingerprint density at radius 1 is 1.23 bits per heavy atom. The Balaban J connectivity index is 2.09. The first-order valence-corrected chi connectivity index (χ1v) is 6.83. The van der Waals surface area contributed by atoms with E-state index in [1.165, 1.54) is 43.7 Å². The quantitative estimate of drug-likeness (QED) is 0.734. The number of rotatable bonds is 5. The van der Waals surface area contributed by atoms with Crippen molar-refractivity contribution in [1.29, 1.82) is 0 Å². The van der Waals surface area contributed by atoms with Gasteiger partial charge in [-0.15, -0.1) is 0 Å². The van der Waals surface area contributed by atoms with Gasteiger partial charge >= 0.3 is 0 Å². The van der Waals surface area contributed by atoms with Gasteiger partial charge in [0.05, 0.1) is 0 Å². The van der Waals surface area contributed by atoms with Crippen molar-refractivity contribution in [1.82, 2.24) is 5.32 Å². The molecule has 0 bridgehead atoms. The topological polar surface area (TPSA) is 12.0 Å². The highest BCUT2D eigenvalue weighted by Gasteiger charge is 2.14. The van der Waals surface area contributed by atoms with Crippen LogP contribution < -0.4 is 5.32 Å². The molecule has 1 aliphatic heterocycles. The molecule has 13 heavy (non-hydrogen) atoms. The van der Waals surface area contributed by atoms with Crippen LogP contribution >= 0.6 is 11.8 Å². The van der Waals surface area contributed by atoms with Crippen molar-refractivity contribution in [2.24, 2.45) is 5.92 Å². The van der Waals surface area contributed by atoms with Gasteiger partial charge in [0.1, 0.15) is 0 Å². The van der Waals surface area contributed by atoms with Crippen LogP contribution in [0.4, 0.5) is 0 Å². The number of hydrogen-bond donors (Lipinski definition) is 1. The van der Waals surface area contributed by atoms with Crippen LogP contribution in [-0.4, -0.2) is 24.1 Å². The summed E-state index contributed by atoms with van der Waals surface area (Å²) in [5.74, 6) is 3.73. The van der Waals surface area contributed by atoms with E-state index in [1.807, 2.05) is 0 Å². The molecule has 78 valence electrons. The van der Waals surface area contributed by atoms with Crippen molar-refractivity contribution in [2.75, 3.05) is 18.1 Å². The lowest BCUT2D eigenvalue weighted by Gasteiger charge is -2.24. The molecule has 0 aromatic heterocycles. The van der Waals surface area contributed by atoms with Gasteiger partial charge in [-0.3, -0.25) is 0 Å². The van der Waals surface area contributed by atoms with Gasteiger partial charge in [-0.1, -0.05) is 13.8 Å². The van der Waals surface area contributed by atoms with Crippen LogP contribution in [0.2, 0.25) is 0 Å². The molecule has 0 aromatic rings. The van der Waals surface area contributed by atoms with Crippen molar-refractivity contribution in [2.45, 2.75) is 45.6 Å². The highest BCUT2D eigenvalue weighted by Crippen LogP contribution is 2.22. The summed E-state index contributed by atoms with van der Waals surface area (Å²) >= 11 is 2.12. The average molecular weight is 201 g/mol. The van der Waals surface area contributed by atoms with E-state index in [0.29, 0.717) is 0 Å². The van der Waals surface area contributed by atoms with Gasteiger partial charge in [-0.2, -0.15) is 11.8 Å². The smallest absolute Gasteiger partial charge is 0.00619 e. The summed E-state index contributed by atoms with van der Waals surface area (Å²) in [4.78, 5) is 0. The zero-order valence-corrected chi connectivity index (χ0v) is 9.83. The standard InChI is InChI=1S/C11H23NS/c1-3-11(4-2)12-9-10-5-7-13-8-6-10/h10-12H,3-9H2,1-2H3. The van der Waals surface area contributed by atoms with Crippen molar-refractivity contribution in [3.8, 4) is 0 Å². The molecule has 0 spiro atoms. The van der Waals surface area contributed by atoms with E-state index in [1.54, 1.807) is 0 Å². The molecule has 0 atom stereocenters. The minimum atomic E-state index is 0.759. The maximum absolute atomic E-state index is 3.68. The predicted octanol–water partition coefficient (Wildman–Crippen LogP) is 2.91.